The molecule has 2 aliphatic rings. The van der Waals surface area contributed by atoms with Gasteiger partial charge in [0.15, 0.2) is 0 Å². The van der Waals surface area contributed by atoms with E-state index >= 15 is 0 Å². The van der Waals surface area contributed by atoms with Crippen LogP contribution in [0.2, 0.25) is 0 Å². The van der Waals surface area contributed by atoms with E-state index in [9.17, 15) is 4.79 Å². The molecule has 1 aromatic rings. The van der Waals surface area contributed by atoms with Crippen molar-refractivity contribution in [1.82, 2.24) is 14.7 Å². The minimum atomic E-state index is -0.159. The Morgan fingerprint density at radius 3 is 2.27 bits per heavy atom. The number of benzene rings is 1. The molecule has 1 unspecified atom stereocenters. The number of piperazine rings is 1. The standard InChI is InChI=1S/C17H25N3O2/c1-18-7-9-19(10-8-18)16(15-5-3-2-4-6-15)17(21)20-11-13-22-14-12-20/h2-6,16H,7-14H2,1H3. The average Bonchev–Trinajstić information content (AvgIpc) is 2.58. The van der Waals surface area contributed by atoms with E-state index in [0.717, 1.165) is 31.7 Å². The van der Waals surface area contributed by atoms with Crippen molar-refractivity contribution in [2.75, 3.05) is 59.5 Å². The zero-order chi connectivity index (χ0) is 15.4. The van der Waals surface area contributed by atoms with E-state index in [0.29, 0.717) is 26.3 Å². The monoisotopic (exact) mass is 303 g/mol. The number of carbonyl (C=O) groups excluding carboxylic acids is 1. The third-order valence-corrected chi connectivity index (χ3v) is 4.57. The van der Waals surface area contributed by atoms with Crippen molar-refractivity contribution in [3.05, 3.63) is 35.9 Å². The molecule has 0 radical (unpaired) electrons. The van der Waals surface area contributed by atoms with Gasteiger partial charge in [-0.25, -0.2) is 0 Å². The Labute approximate surface area is 132 Å². The summed E-state index contributed by atoms with van der Waals surface area (Å²) in [6.45, 7) is 6.61. The van der Waals surface area contributed by atoms with Crippen LogP contribution in [0.25, 0.3) is 0 Å². The highest BCUT2D eigenvalue weighted by atomic mass is 16.5. The number of likely N-dealkylation sites (N-methyl/N-ethyl adjacent to an activating group) is 1. The van der Waals surface area contributed by atoms with Gasteiger partial charge < -0.3 is 14.5 Å². The van der Waals surface area contributed by atoms with E-state index in [-0.39, 0.29) is 11.9 Å². The Kier molecular flexibility index (Phi) is 5.08. The number of hydrogen-bond acceptors (Lipinski definition) is 4. The molecule has 2 aliphatic heterocycles. The van der Waals surface area contributed by atoms with Crippen LogP contribution in [-0.4, -0.2) is 80.1 Å². The van der Waals surface area contributed by atoms with E-state index < -0.39 is 0 Å². The Hall–Kier alpha value is -1.43. The molecule has 5 heteroatoms. The molecule has 1 aromatic carbocycles. The fourth-order valence-electron chi connectivity index (χ4n) is 3.18. The second-order valence-corrected chi connectivity index (χ2v) is 6.09. The van der Waals surface area contributed by atoms with Gasteiger partial charge in [-0.3, -0.25) is 9.69 Å². The minimum Gasteiger partial charge on any atom is -0.378 e. The molecule has 0 aliphatic carbocycles. The van der Waals surface area contributed by atoms with Crippen molar-refractivity contribution in [2.24, 2.45) is 0 Å². The topological polar surface area (TPSA) is 36.0 Å². The number of hydrogen-bond donors (Lipinski definition) is 0. The highest BCUT2D eigenvalue weighted by Gasteiger charge is 2.33. The first-order valence-corrected chi connectivity index (χ1v) is 8.10. The molecule has 5 nitrogen and oxygen atoms in total. The summed E-state index contributed by atoms with van der Waals surface area (Å²) in [5.41, 5.74) is 1.10. The molecule has 2 heterocycles. The summed E-state index contributed by atoms with van der Waals surface area (Å²) >= 11 is 0. The lowest BCUT2D eigenvalue weighted by Gasteiger charge is -2.40. The molecule has 0 bridgehead atoms. The number of rotatable bonds is 3. The molecule has 0 saturated carbocycles. The molecule has 120 valence electrons. The zero-order valence-corrected chi connectivity index (χ0v) is 13.3. The van der Waals surface area contributed by atoms with Crippen LogP contribution in [-0.2, 0) is 9.53 Å². The lowest BCUT2D eigenvalue weighted by atomic mass is 10.0. The second-order valence-electron chi connectivity index (χ2n) is 6.09. The number of nitrogens with zero attached hydrogens (tertiary/aromatic N) is 3. The van der Waals surface area contributed by atoms with Crippen LogP contribution in [0.3, 0.4) is 0 Å². The quantitative estimate of drug-likeness (QED) is 0.829. The molecule has 0 aromatic heterocycles. The molecule has 3 rings (SSSR count). The van der Waals surface area contributed by atoms with E-state index in [2.05, 4.69) is 29.0 Å². The fraction of sp³-hybridized carbons (Fsp3) is 0.588. The van der Waals surface area contributed by atoms with Crippen LogP contribution in [0.1, 0.15) is 11.6 Å². The van der Waals surface area contributed by atoms with Crippen molar-refractivity contribution in [1.29, 1.82) is 0 Å². The average molecular weight is 303 g/mol. The maximum atomic E-state index is 13.1. The van der Waals surface area contributed by atoms with Crippen LogP contribution in [0, 0.1) is 0 Å². The van der Waals surface area contributed by atoms with Crippen LogP contribution >= 0.6 is 0 Å². The molecular weight excluding hydrogens is 278 g/mol. The zero-order valence-electron chi connectivity index (χ0n) is 13.3. The SMILES string of the molecule is CN1CCN(C(C(=O)N2CCOCC2)c2ccccc2)CC1. The van der Waals surface area contributed by atoms with Crippen molar-refractivity contribution in [2.45, 2.75) is 6.04 Å². The summed E-state index contributed by atoms with van der Waals surface area (Å²) in [4.78, 5) is 19.7. The summed E-state index contributed by atoms with van der Waals surface area (Å²) in [6.07, 6.45) is 0. The third kappa shape index (κ3) is 3.48. The fourth-order valence-corrected chi connectivity index (χ4v) is 3.18. The van der Waals surface area contributed by atoms with Gasteiger partial charge in [0.1, 0.15) is 6.04 Å². The predicted molar refractivity (Wildman–Crippen MR) is 85.7 cm³/mol. The third-order valence-electron chi connectivity index (χ3n) is 4.57. The van der Waals surface area contributed by atoms with Crippen molar-refractivity contribution < 1.29 is 9.53 Å². The highest BCUT2D eigenvalue weighted by Crippen LogP contribution is 2.25. The van der Waals surface area contributed by atoms with Gasteiger partial charge in [0.25, 0.3) is 0 Å². The van der Waals surface area contributed by atoms with Gasteiger partial charge in [-0.15, -0.1) is 0 Å². The molecule has 1 atom stereocenters. The molecule has 2 saturated heterocycles. The first-order valence-electron chi connectivity index (χ1n) is 8.10. The largest absolute Gasteiger partial charge is 0.378 e. The number of carbonyl (C=O) groups is 1. The number of amides is 1. The van der Waals surface area contributed by atoms with Crippen LogP contribution in [0.4, 0.5) is 0 Å². The van der Waals surface area contributed by atoms with Gasteiger partial charge in [0.05, 0.1) is 13.2 Å². The van der Waals surface area contributed by atoms with Gasteiger partial charge in [-0.1, -0.05) is 30.3 Å². The maximum Gasteiger partial charge on any atom is 0.244 e. The summed E-state index contributed by atoms with van der Waals surface area (Å²) in [7, 11) is 2.14. The lowest BCUT2D eigenvalue weighted by Crippen LogP contribution is -2.52. The van der Waals surface area contributed by atoms with Gasteiger partial charge in [-0.2, -0.15) is 0 Å². The Balaban J connectivity index is 1.81. The molecule has 0 N–H and O–H groups in total. The lowest BCUT2D eigenvalue weighted by molar-refractivity contribution is -0.142. The smallest absolute Gasteiger partial charge is 0.244 e. The summed E-state index contributed by atoms with van der Waals surface area (Å²) in [6, 6.07) is 10.0. The van der Waals surface area contributed by atoms with Gasteiger partial charge in [-0.05, 0) is 12.6 Å². The van der Waals surface area contributed by atoms with E-state index in [1.807, 2.05) is 23.1 Å². The highest BCUT2D eigenvalue weighted by molar-refractivity contribution is 5.83. The molecule has 0 spiro atoms. The summed E-state index contributed by atoms with van der Waals surface area (Å²) in [5.74, 6) is 0.221. The second kappa shape index (κ2) is 7.22. The van der Waals surface area contributed by atoms with E-state index in [1.54, 1.807) is 0 Å². The number of morpholine rings is 1. The van der Waals surface area contributed by atoms with Crippen molar-refractivity contribution >= 4 is 5.91 Å². The van der Waals surface area contributed by atoms with Crippen LogP contribution in [0.15, 0.2) is 30.3 Å². The van der Waals surface area contributed by atoms with Gasteiger partial charge in [0, 0.05) is 39.3 Å². The normalized spacial score (nSPS) is 22.5. The van der Waals surface area contributed by atoms with E-state index in [1.165, 1.54) is 0 Å². The van der Waals surface area contributed by atoms with Crippen molar-refractivity contribution in [3.8, 4) is 0 Å². The maximum absolute atomic E-state index is 13.1. The first-order chi connectivity index (χ1) is 10.8. The first kappa shape index (κ1) is 15.5. The Morgan fingerprint density at radius 1 is 1.00 bits per heavy atom. The Morgan fingerprint density at radius 2 is 1.64 bits per heavy atom. The van der Waals surface area contributed by atoms with E-state index in [4.69, 9.17) is 4.74 Å². The molecular formula is C17H25N3O2. The molecule has 1 amide bonds. The number of ether oxygens (including phenoxy) is 1. The van der Waals surface area contributed by atoms with Crippen LogP contribution in [0.5, 0.6) is 0 Å². The predicted octanol–water partition coefficient (Wildman–Crippen LogP) is 0.834. The summed E-state index contributed by atoms with van der Waals surface area (Å²) < 4.78 is 5.38. The summed E-state index contributed by atoms with van der Waals surface area (Å²) in [5, 5.41) is 0. The van der Waals surface area contributed by atoms with Crippen molar-refractivity contribution in [3.63, 3.8) is 0 Å². The van der Waals surface area contributed by atoms with Gasteiger partial charge >= 0.3 is 0 Å². The molecule has 2 fully saturated rings. The molecule has 22 heavy (non-hydrogen) atoms. The minimum absolute atomic E-state index is 0.159. The van der Waals surface area contributed by atoms with Crippen LogP contribution < -0.4 is 0 Å². The van der Waals surface area contributed by atoms with Gasteiger partial charge in [0.2, 0.25) is 5.91 Å². The Bertz CT molecular complexity index is 480.